The van der Waals surface area contributed by atoms with Crippen LogP contribution in [0, 0.1) is 5.92 Å². The second kappa shape index (κ2) is 12.5. The van der Waals surface area contributed by atoms with E-state index in [1.165, 1.54) is 109 Å². The van der Waals surface area contributed by atoms with Gasteiger partial charge < -0.3 is 10.0 Å². The van der Waals surface area contributed by atoms with Gasteiger partial charge in [-0.05, 0) is 31.6 Å². The average Bonchev–Trinajstić information content (AvgIpc) is 3.03. The van der Waals surface area contributed by atoms with Gasteiger partial charge in [-0.1, -0.05) is 83.5 Å². The number of hydrogen-bond donors (Lipinski definition) is 1. The van der Waals surface area contributed by atoms with Gasteiger partial charge in [0.15, 0.2) is 0 Å². The van der Waals surface area contributed by atoms with Gasteiger partial charge in [0, 0.05) is 18.2 Å². The van der Waals surface area contributed by atoms with Gasteiger partial charge in [-0.15, -0.1) is 11.8 Å². The molecule has 2 atom stereocenters. The van der Waals surface area contributed by atoms with Crippen LogP contribution in [0.25, 0.3) is 0 Å². The summed E-state index contributed by atoms with van der Waals surface area (Å²) in [6.45, 7) is 0.793. The van der Waals surface area contributed by atoms with Crippen molar-refractivity contribution in [3.63, 3.8) is 0 Å². The molecule has 2 aliphatic carbocycles. The van der Waals surface area contributed by atoms with Crippen molar-refractivity contribution < 1.29 is 9.90 Å². The van der Waals surface area contributed by atoms with Gasteiger partial charge in [-0.2, -0.15) is 0 Å². The second-order valence-electron chi connectivity index (χ2n) is 9.57. The highest BCUT2D eigenvalue weighted by Gasteiger charge is 2.40. The Morgan fingerprint density at radius 1 is 0.750 bits per heavy atom. The van der Waals surface area contributed by atoms with E-state index >= 15 is 0 Å². The number of rotatable bonds is 4. The highest BCUT2D eigenvalue weighted by molar-refractivity contribution is 8.01. The molecule has 28 heavy (non-hydrogen) atoms. The number of likely N-dealkylation sites (tertiary alicyclic amines) is 1. The molecule has 162 valence electrons. The first kappa shape index (κ1) is 22.5. The Labute approximate surface area is 177 Å². The van der Waals surface area contributed by atoms with Crippen LogP contribution in [0.5, 0.6) is 0 Å². The third kappa shape index (κ3) is 7.23. The van der Waals surface area contributed by atoms with E-state index in [2.05, 4.69) is 0 Å². The molecule has 0 aromatic heterocycles. The van der Waals surface area contributed by atoms with E-state index in [-0.39, 0.29) is 11.2 Å². The van der Waals surface area contributed by atoms with Crippen molar-refractivity contribution in [2.45, 2.75) is 132 Å². The van der Waals surface area contributed by atoms with Crippen LogP contribution < -0.4 is 0 Å². The topological polar surface area (TPSA) is 40.5 Å². The molecule has 4 heteroatoms. The molecule has 3 nitrogen and oxygen atoms in total. The number of aliphatic hydroxyl groups is 1. The molecule has 0 radical (unpaired) electrons. The highest BCUT2D eigenvalue weighted by Crippen LogP contribution is 2.36. The Kier molecular flexibility index (Phi) is 10.0. The van der Waals surface area contributed by atoms with Gasteiger partial charge >= 0.3 is 0 Å². The molecule has 1 saturated heterocycles. The lowest BCUT2D eigenvalue weighted by Crippen LogP contribution is -2.38. The summed E-state index contributed by atoms with van der Waals surface area (Å²) in [7, 11) is 0. The lowest BCUT2D eigenvalue weighted by atomic mass is 9.96. The Morgan fingerprint density at radius 3 is 1.75 bits per heavy atom. The van der Waals surface area contributed by atoms with E-state index in [1.807, 2.05) is 16.7 Å². The van der Waals surface area contributed by atoms with Crippen LogP contribution in [0.15, 0.2) is 0 Å². The lowest BCUT2D eigenvalue weighted by molar-refractivity contribution is -0.133. The van der Waals surface area contributed by atoms with Crippen molar-refractivity contribution >= 4 is 17.7 Å². The van der Waals surface area contributed by atoms with Crippen LogP contribution >= 0.6 is 11.8 Å². The minimum Gasteiger partial charge on any atom is -0.373 e. The molecule has 1 amide bonds. The zero-order valence-corrected chi connectivity index (χ0v) is 18.8. The standard InChI is InChI=1S/C24H43NO2S/c26-23-18-22(28-21-16-12-8-2-1-3-9-13-17-21)24(27)25(23)19-20-14-10-6-4-5-7-11-15-20/h20-23,26H,1-19H2. The number of thioether (sulfide) groups is 1. The van der Waals surface area contributed by atoms with Gasteiger partial charge in [0.05, 0.1) is 5.25 Å². The van der Waals surface area contributed by atoms with Crippen LogP contribution in [-0.2, 0) is 4.79 Å². The maximum atomic E-state index is 13.1. The van der Waals surface area contributed by atoms with Gasteiger partial charge in [0.2, 0.25) is 5.91 Å². The summed E-state index contributed by atoms with van der Waals surface area (Å²) >= 11 is 1.90. The predicted octanol–water partition coefficient (Wildman–Crippen LogP) is 6.28. The fourth-order valence-electron chi connectivity index (χ4n) is 5.40. The van der Waals surface area contributed by atoms with Crippen molar-refractivity contribution in [3.8, 4) is 0 Å². The first-order valence-electron chi connectivity index (χ1n) is 12.4. The highest BCUT2D eigenvalue weighted by atomic mass is 32.2. The summed E-state index contributed by atoms with van der Waals surface area (Å²) in [5.41, 5.74) is 0. The normalized spacial score (nSPS) is 30.6. The number of amides is 1. The van der Waals surface area contributed by atoms with E-state index in [1.54, 1.807) is 0 Å². The molecule has 3 aliphatic rings. The minimum atomic E-state index is -0.544. The van der Waals surface area contributed by atoms with E-state index in [4.69, 9.17) is 0 Å². The summed E-state index contributed by atoms with van der Waals surface area (Å²) in [5.74, 6) is 0.823. The Hall–Kier alpha value is -0.220. The zero-order chi connectivity index (χ0) is 19.6. The van der Waals surface area contributed by atoms with E-state index in [0.717, 1.165) is 6.54 Å². The third-order valence-corrected chi connectivity index (χ3v) is 8.76. The quantitative estimate of drug-likeness (QED) is 0.594. The number of hydrogen-bond acceptors (Lipinski definition) is 3. The smallest absolute Gasteiger partial charge is 0.237 e. The maximum absolute atomic E-state index is 13.1. The van der Waals surface area contributed by atoms with E-state index in [9.17, 15) is 9.90 Å². The van der Waals surface area contributed by atoms with Gasteiger partial charge in [0.25, 0.3) is 0 Å². The van der Waals surface area contributed by atoms with Crippen LogP contribution in [0.2, 0.25) is 0 Å². The molecule has 0 bridgehead atoms. The molecule has 1 N–H and O–H groups in total. The molecule has 1 heterocycles. The molecule has 2 saturated carbocycles. The first-order valence-corrected chi connectivity index (χ1v) is 13.3. The summed E-state index contributed by atoms with van der Waals surface area (Å²) in [5, 5.41) is 11.3. The fourth-order valence-corrected chi connectivity index (χ4v) is 7.00. The van der Waals surface area contributed by atoms with Crippen molar-refractivity contribution in [2.24, 2.45) is 5.92 Å². The molecular formula is C24H43NO2S. The lowest BCUT2D eigenvalue weighted by Gasteiger charge is -2.27. The summed E-state index contributed by atoms with van der Waals surface area (Å²) in [6, 6.07) is 0. The van der Waals surface area contributed by atoms with E-state index < -0.39 is 6.23 Å². The SMILES string of the molecule is O=C1C(SC2CCCCCCCCC2)CC(O)N1CC1CCCCCCCC1. The molecule has 0 spiro atoms. The zero-order valence-electron chi connectivity index (χ0n) is 18.0. The Bertz CT molecular complexity index is 438. The van der Waals surface area contributed by atoms with Gasteiger partial charge in [-0.3, -0.25) is 4.79 Å². The van der Waals surface area contributed by atoms with Crippen LogP contribution in [0.4, 0.5) is 0 Å². The molecule has 2 unspecified atom stereocenters. The van der Waals surface area contributed by atoms with Crippen molar-refractivity contribution in [1.29, 1.82) is 0 Å². The molecule has 0 aromatic carbocycles. The second-order valence-corrected chi connectivity index (χ2v) is 11.1. The largest absolute Gasteiger partial charge is 0.373 e. The molecule has 3 fully saturated rings. The molecule has 1 aliphatic heterocycles. The van der Waals surface area contributed by atoms with Crippen LogP contribution in [0.1, 0.15) is 116 Å². The van der Waals surface area contributed by atoms with Gasteiger partial charge in [-0.25, -0.2) is 0 Å². The monoisotopic (exact) mass is 409 g/mol. The number of carbonyl (C=O) groups excluding carboxylic acids is 1. The van der Waals surface area contributed by atoms with Crippen LogP contribution in [0.3, 0.4) is 0 Å². The van der Waals surface area contributed by atoms with E-state index in [0.29, 0.717) is 17.6 Å². The predicted molar refractivity (Wildman–Crippen MR) is 119 cm³/mol. The number of carbonyl (C=O) groups is 1. The van der Waals surface area contributed by atoms with Crippen LogP contribution in [-0.4, -0.2) is 39.2 Å². The first-order chi connectivity index (χ1) is 13.7. The maximum Gasteiger partial charge on any atom is 0.237 e. The Balaban J connectivity index is 1.50. The third-order valence-electron chi connectivity index (χ3n) is 7.18. The Morgan fingerprint density at radius 2 is 1.21 bits per heavy atom. The minimum absolute atomic E-state index is 0.000672. The number of nitrogens with zero attached hydrogens (tertiary/aromatic N) is 1. The fraction of sp³-hybridized carbons (Fsp3) is 0.958. The summed E-state index contributed by atoms with van der Waals surface area (Å²) in [4.78, 5) is 15.0. The number of aliphatic hydroxyl groups excluding tert-OH is 1. The summed E-state index contributed by atoms with van der Waals surface area (Å²) in [6.07, 6.45) is 22.6. The molecule has 0 aromatic rings. The summed E-state index contributed by atoms with van der Waals surface area (Å²) < 4.78 is 0. The molecular weight excluding hydrogens is 366 g/mol. The van der Waals surface area contributed by atoms with Crippen molar-refractivity contribution in [2.75, 3.05) is 6.54 Å². The van der Waals surface area contributed by atoms with Gasteiger partial charge in [0.1, 0.15) is 6.23 Å². The average molecular weight is 410 g/mol. The molecule has 3 rings (SSSR count). The van der Waals surface area contributed by atoms with Crippen molar-refractivity contribution in [3.05, 3.63) is 0 Å². The van der Waals surface area contributed by atoms with Crippen molar-refractivity contribution in [1.82, 2.24) is 4.90 Å².